The van der Waals surface area contributed by atoms with E-state index in [0.717, 1.165) is 16.7 Å². The van der Waals surface area contributed by atoms with Crippen LogP contribution in [0.5, 0.6) is 0 Å². The number of carbonyl (C=O) groups excluding carboxylic acids is 1. The third-order valence-corrected chi connectivity index (χ3v) is 6.09. The van der Waals surface area contributed by atoms with E-state index in [2.05, 4.69) is 31.0 Å². The second-order valence-electron chi connectivity index (χ2n) is 8.76. The second-order valence-corrected chi connectivity index (χ2v) is 8.76. The summed E-state index contributed by atoms with van der Waals surface area (Å²) in [5, 5.41) is 0.486. The smallest absolute Gasteiger partial charge is 0.296 e. The quantitative estimate of drug-likeness (QED) is 0.425. The fourth-order valence-electron chi connectivity index (χ4n) is 4.35. The van der Waals surface area contributed by atoms with Crippen LogP contribution in [0, 0.1) is 13.8 Å². The first-order chi connectivity index (χ1) is 15.3. The Morgan fingerprint density at radius 2 is 1.66 bits per heavy atom. The van der Waals surface area contributed by atoms with Gasteiger partial charge in [-0.3, -0.25) is 14.5 Å². The molecule has 2 aromatic carbocycles. The lowest BCUT2D eigenvalue weighted by Crippen LogP contribution is -2.30. The van der Waals surface area contributed by atoms with Gasteiger partial charge in [0.15, 0.2) is 5.43 Å². The molecule has 160 valence electrons. The number of pyridine rings is 1. The van der Waals surface area contributed by atoms with Gasteiger partial charge in [0.25, 0.3) is 5.91 Å². The number of nitrogens with zero attached hydrogens (tertiary/aromatic N) is 2. The lowest BCUT2D eigenvalue weighted by molar-refractivity contribution is 0.0970. The molecular formula is C27H24N2O3. The van der Waals surface area contributed by atoms with Crippen molar-refractivity contribution in [2.75, 3.05) is 4.90 Å². The average Bonchev–Trinajstić information content (AvgIpc) is 3.07. The number of rotatable bonds is 3. The largest absolute Gasteiger partial charge is 0.450 e. The molecule has 0 saturated heterocycles. The van der Waals surface area contributed by atoms with Crippen molar-refractivity contribution in [3.05, 3.63) is 105 Å². The van der Waals surface area contributed by atoms with Crippen molar-refractivity contribution in [3.63, 3.8) is 0 Å². The van der Waals surface area contributed by atoms with E-state index in [1.807, 2.05) is 50.2 Å². The van der Waals surface area contributed by atoms with Crippen molar-refractivity contribution in [1.82, 2.24) is 4.98 Å². The first-order valence-electron chi connectivity index (χ1n) is 10.8. The molecule has 0 fully saturated rings. The number of hydrogen-bond acceptors (Lipinski definition) is 4. The molecule has 5 heteroatoms. The van der Waals surface area contributed by atoms with Gasteiger partial charge in [-0.05, 0) is 60.7 Å². The van der Waals surface area contributed by atoms with E-state index < -0.39 is 6.04 Å². The molecule has 32 heavy (non-hydrogen) atoms. The van der Waals surface area contributed by atoms with Crippen LogP contribution < -0.4 is 10.3 Å². The number of carbonyl (C=O) groups is 1. The number of aryl methyl sites for hydroxylation is 2. The minimum Gasteiger partial charge on any atom is -0.450 e. The topological polar surface area (TPSA) is 63.4 Å². The highest BCUT2D eigenvalue weighted by atomic mass is 16.3. The number of hydrogen-bond donors (Lipinski definition) is 0. The SMILES string of the molecule is Cc1ccnc(N2C(=O)c3oc4ccc(C)cc4c(=O)c3C2c2ccc(C(C)C)cc2)c1. The zero-order valence-corrected chi connectivity index (χ0v) is 18.5. The van der Waals surface area contributed by atoms with Gasteiger partial charge in [0.1, 0.15) is 11.4 Å². The predicted molar refractivity (Wildman–Crippen MR) is 125 cm³/mol. The van der Waals surface area contributed by atoms with Gasteiger partial charge in [-0.1, -0.05) is 49.7 Å². The van der Waals surface area contributed by atoms with Gasteiger partial charge in [-0.2, -0.15) is 0 Å². The van der Waals surface area contributed by atoms with Gasteiger partial charge in [0.2, 0.25) is 5.76 Å². The van der Waals surface area contributed by atoms with Gasteiger partial charge in [-0.25, -0.2) is 4.98 Å². The minimum absolute atomic E-state index is 0.0904. The second kappa shape index (κ2) is 7.45. The summed E-state index contributed by atoms with van der Waals surface area (Å²) in [6, 6.07) is 16.7. The minimum atomic E-state index is -0.603. The molecule has 0 N–H and O–H groups in total. The van der Waals surface area contributed by atoms with Crippen LogP contribution in [0.15, 0.2) is 70.0 Å². The Hall–Kier alpha value is -3.73. The molecule has 4 aromatic rings. The van der Waals surface area contributed by atoms with E-state index in [1.165, 1.54) is 5.56 Å². The molecule has 0 spiro atoms. The van der Waals surface area contributed by atoms with Gasteiger partial charge >= 0.3 is 0 Å². The van der Waals surface area contributed by atoms with E-state index in [9.17, 15) is 9.59 Å². The van der Waals surface area contributed by atoms with E-state index in [-0.39, 0.29) is 17.1 Å². The van der Waals surface area contributed by atoms with Crippen LogP contribution in [0.4, 0.5) is 5.82 Å². The molecule has 0 bridgehead atoms. The third-order valence-electron chi connectivity index (χ3n) is 6.09. The molecule has 1 atom stereocenters. The van der Waals surface area contributed by atoms with Crippen molar-refractivity contribution in [2.45, 2.75) is 39.7 Å². The number of amides is 1. The Balaban J connectivity index is 1.79. The van der Waals surface area contributed by atoms with Gasteiger partial charge in [0.05, 0.1) is 17.0 Å². The fraction of sp³-hybridized carbons (Fsp3) is 0.222. The lowest BCUT2D eigenvalue weighted by Gasteiger charge is -2.24. The Kier molecular flexibility index (Phi) is 4.70. The van der Waals surface area contributed by atoms with Crippen LogP contribution in [0.2, 0.25) is 0 Å². The summed E-state index contributed by atoms with van der Waals surface area (Å²) in [6.07, 6.45) is 1.68. The molecule has 5 nitrogen and oxygen atoms in total. The monoisotopic (exact) mass is 424 g/mol. The lowest BCUT2D eigenvalue weighted by atomic mass is 9.95. The fourth-order valence-corrected chi connectivity index (χ4v) is 4.35. The highest BCUT2D eigenvalue weighted by Gasteiger charge is 2.44. The first kappa shape index (κ1) is 20.2. The zero-order valence-electron chi connectivity index (χ0n) is 18.5. The highest BCUT2D eigenvalue weighted by Crippen LogP contribution is 2.41. The summed E-state index contributed by atoms with van der Waals surface area (Å²) in [5.74, 6) is 0.621. The van der Waals surface area contributed by atoms with Gasteiger partial charge in [-0.15, -0.1) is 0 Å². The molecule has 0 saturated carbocycles. The molecule has 5 rings (SSSR count). The Morgan fingerprint density at radius 3 is 2.34 bits per heavy atom. The predicted octanol–water partition coefficient (Wildman–Crippen LogP) is 5.68. The van der Waals surface area contributed by atoms with Crippen molar-refractivity contribution in [2.24, 2.45) is 0 Å². The van der Waals surface area contributed by atoms with E-state index in [0.29, 0.717) is 28.3 Å². The van der Waals surface area contributed by atoms with Gasteiger partial charge < -0.3 is 4.42 Å². The molecular weight excluding hydrogens is 400 g/mol. The summed E-state index contributed by atoms with van der Waals surface area (Å²) in [4.78, 5) is 33.3. The summed E-state index contributed by atoms with van der Waals surface area (Å²) in [6.45, 7) is 8.15. The molecule has 0 aliphatic carbocycles. The van der Waals surface area contributed by atoms with Crippen molar-refractivity contribution >= 4 is 22.7 Å². The maximum Gasteiger partial charge on any atom is 0.296 e. The Bertz CT molecular complexity index is 1420. The number of fused-ring (bicyclic) bond motifs is 2. The van der Waals surface area contributed by atoms with E-state index in [4.69, 9.17) is 4.42 Å². The maximum atomic E-state index is 13.7. The zero-order chi connectivity index (χ0) is 22.6. The van der Waals surface area contributed by atoms with Crippen LogP contribution in [-0.2, 0) is 0 Å². The highest BCUT2D eigenvalue weighted by molar-refractivity contribution is 6.10. The summed E-state index contributed by atoms with van der Waals surface area (Å²) in [7, 11) is 0. The Labute approximate surface area is 186 Å². The van der Waals surface area contributed by atoms with Crippen LogP contribution >= 0.6 is 0 Å². The third kappa shape index (κ3) is 3.12. The normalized spacial score (nSPS) is 15.6. The molecule has 1 aliphatic rings. The number of benzene rings is 2. The van der Waals surface area contributed by atoms with Crippen molar-refractivity contribution in [1.29, 1.82) is 0 Å². The van der Waals surface area contributed by atoms with Crippen molar-refractivity contribution in [3.8, 4) is 0 Å². The summed E-state index contributed by atoms with van der Waals surface area (Å²) in [5.41, 5.74) is 4.60. The number of aromatic nitrogens is 1. The van der Waals surface area contributed by atoms with E-state index >= 15 is 0 Å². The summed E-state index contributed by atoms with van der Waals surface area (Å²) >= 11 is 0. The average molecular weight is 425 g/mol. The van der Waals surface area contributed by atoms with Crippen LogP contribution in [-0.4, -0.2) is 10.9 Å². The molecule has 3 heterocycles. The van der Waals surface area contributed by atoms with Gasteiger partial charge in [0, 0.05) is 6.20 Å². The first-order valence-corrected chi connectivity index (χ1v) is 10.8. The molecule has 1 aliphatic heterocycles. The van der Waals surface area contributed by atoms with Crippen LogP contribution in [0.3, 0.4) is 0 Å². The Morgan fingerprint density at radius 1 is 0.938 bits per heavy atom. The molecule has 2 aromatic heterocycles. The molecule has 1 amide bonds. The molecule has 0 radical (unpaired) electrons. The van der Waals surface area contributed by atoms with Crippen LogP contribution in [0.25, 0.3) is 11.0 Å². The maximum absolute atomic E-state index is 13.7. The van der Waals surface area contributed by atoms with Crippen LogP contribution in [0.1, 0.15) is 64.2 Å². The van der Waals surface area contributed by atoms with Crippen molar-refractivity contribution < 1.29 is 9.21 Å². The van der Waals surface area contributed by atoms with E-state index in [1.54, 1.807) is 17.2 Å². The molecule has 1 unspecified atom stereocenters. The standard InChI is InChI=1S/C27H24N2O3/c1-15(2)18-6-8-19(9-7-18)24-23-25(30)20-13-16(3)5-10-21(20)32-26(23)27(31)29(24)22-14-17(4)11-12-28-22/h5-15,24H,1-4H3. The summed E-state index contributed by atoms with van der Waals surface area (Å²) < 4.78 is 6.03. The number of anilines is 1.